The van der Waals surface area contributed by atoms with Crippen LogP contribution in [-0.2, 0) is 9.59 Å². The molecule has 0 fully saturated rings. The molecule has 0 saturated carbocycles. The fraction of sp³-hybridized carbons (Fsp3) is 0.562. The van der Waals surface area contributed by atoms with Crippen molar-refractivity contribution in [2.45, 2.75) is 82.7 Å². The van der Waals surface area contributed by atoms with Crippen LogP contribution in [-0.4, -0.2) is 93.0 Å². The first kappa shape index (κ1) is 40.9. The lowest BCUT2D eigenvalue weighted by atomic mass is 10.0. The van der Waals surface area contributed by atoms with Crippen molar-refractivity contribution in [2.75, 3.05) is 31.2 Å². The first-order valence-electron chi connectivity index (χ1n) is 14.9. The lowest BCUT2D eigenvalue weighted by Gasteiger charge is -2.24. The fourth-order valence-corrected chi connectivity index (χ4v) is 5.10. The highest BCUT2D eigenvalue weighted by atomic mass is 33.1. The number of nitrogens with one attached hydrogen (secondary N) is 2. The van der Waals surface area contributed by atoms with Crippen molar-refractivity contribution in [1.29, 1.82) is 0 Å². The summed E-state index contributed by atoms with van der Waals surface area (Å²) >= 11 is 0. The number of hydrogen-bond donors (Lipinski definition) is 7. The number of aliphatic hydroxyl groups excluding tert-OH is 5. The Morgan fingerprint density at radius 1 is 0.651 bits per heavy atom. The van der Waals surface area contributed by atoms with E-state index in [1.807, 2.05) is 6.08 Å². The third-order valence-corrected chi connectivity index (χ3v) is 8.14. The third-order valence-electron chi connectivity index (χ3n) is 5.73. The molecular weight excluding hydrogens is 588 g/mol. The van der Waals surface area contributed by atoms with Gasteiger partial charge in [-0.05, 0) is 44.9 Å². The minimum Gasteiger partial charge on any atom is -0.394 e. The molecule has 0 spiro atoms. The van der Waals surface area contributed by atoms with Gasteiger partial charge in [0.2, 0.25) is 5.91 Å². The number of carbonyl (C=O) groups excluding carboxylic acids is 2. The second-order valence-corrected chi connectivity index (χ2v) is 12.1. The molecule has 0 aliphatic carbocycles. The van der Waals surface area contributed by atoms with Crippen molar-refractivity contribution >= 4 is 33.4 Å². The number of hydrogen-bond acceptors (Lipinski definition) is 9. The molecule has 43 heavy (non-hydrogen) atoms. The fourth-order valence-electron chi connectivity index (χ4n) is 3.29. The maximum atomic E-state index is 11.9. The van der Waals surface area contributed by atoms with Crippen molar-refractivity contribution in [3.8, 4) is 0 Å². The van der Waals surface area contributed by atoms with Crippen LogP contribution in [0, 0.1) is 0 Å². The van der Waals surface area contributed by atoms with Crippen LogP contribution in [0.1, 0.15) is 58.3 Å². The van der Waals surface area contributed by atoms with Crippen LogP contribution in [0.2, 0.25) is 0 Å². The van der Waals surface area contributed by atoms with Crippen molar-refractivity contribution < 1.29 is 35.1 Å². The van der Waals surface area contributed by atoms with E-state index >= 15 is 0 Å². The van der Waals surface area contributed by atoms with Gasteiger partial charge in [-0.15, -0.1) is 0 Å². The minimum atomic E-state index is -1.93. The largest absolute Gasteiger partial charge is 0.394 e. The SMILES string of the molecule is CCC=CCC=CCC=CCC=CCC=CCC=CCCC(=O)NCCSSCCNC(=O)C(O)C(O)C(O)C(O)CO. The maximum Gasteiger partial charge on any atom is 0.251 e. The average Bonchev–Trinajstić information content (AvgIpc) is 3.01. The van der Waals surface area contributed by atoms with Gasteiger partial charge in [-0.25, -0.2) is 0 Å². The molecule has 0 aromatic heterocycles. The number of rotatable bonds is 26. The van der Waals surface area contributed by atoms with Gasteiger partial charge in [-0.1, -0.05) is 101 Å². The highest BCUT2D eigenvalue weighted by Crippen LogP contribution is 2.19. The molecule has 0 bridgehead atoms. The van der Waals surface area contributed by atoms with Gasteiger partial charge in [-0.2, -0.15) is 0 Å². The van der Waals surface area contributed by atoms with E-state index in [9.17, 15) is 30.0 Å². The molecule has 2 amide bonds. The number of carbonyl (C=O) groups is 2. The molecule has 4 atom stereocenters. The van der Waals surface area contributed by atoms with Crippen LogP contribution in [0.25, 0.3) is 0 Å². The lowest BCUT2D eigenvalue weighted by Crippen LogP contribution is -2.51. The van der Waals surface area contributed by atoms with Gasteiger partial charge >= 0.3 is 0 Å². The number of aliphatic hydroxyl groups is 5. The van der Waals surface area contributed by atoms with Gasteiger partial charge in [0, 0.05) is 31.0 Å². The summed E-state index contributed by atoms with van der Waals surface area (Å²) < 4.78 is 0. The standard InChI is InChI=1S/C32H52N2O7S2/c1-2-3-4-5-6-7-8-9-10-11-12-13-14-15-16-17-18-19-20-21-28(37)33-22-24-42-43-25-23-34-32(41)31(40)30(39)29(38)27(36)26-35/h3-4,6-7,9-10,12-13,15-16,18-19,27,29-31,35-36,38-40H,2,5,8,11,14,17,20-26H2,1H3,(H,33,37)(H,34,41). The summed E-state index contributed by atoms with van der Waals surface area (Å²) in [6.45, 7) is 2.07. The summed E-state index contributed by atoms with van der Waals surface area (Å²) in [5, 5.41) is 52.3. The van der Waals surface area contributed by atoms with Gasteiger partial charge in [0.15, 0.2) is 6.10 Å². The highest BCUT2D eigenvalue weighted by Gasteiger charge is 2.33. The molecule has 0 heterocycles. The van der Waals surface area contributed by atoms with Crippen LogP contribution < -0.4 is 10.6 Å². The van der Waals surface area contributed by atoms with Gasteiger partial charge in [0.1, 0.15) is 18.3 Å². The molecular formula is C32H52N2O7S2. The number of allylic oxidation sites excluding steroid dienone is 12. The zero-order valence-electron chi connectivity index (χ0n) is 25.3. The van der Waals surface area contributed by atoms with Crippen molar-refractivity contribution in [2.24, 2.45) is 0 Å². The first-order valence-corrected chi connectivity index (χ1v) is 17.4. The Bertz CT molecular complexity index is 891. The molecule has 0 radical (unpaired) electrons. The van der Waals surface area contributed by atoms with Gasteiger partial charge in [0.25, 0.3) is 5.91 Å². The molecule has 0 aliphatic heterocycles. The van der Waals surface area contributed by atoms with Gasteiger partial charge in [0.05, 0.1) is 6.61 Å². The Morgan fingerprint density at radius 2 is 1.09 bits per heavy atom. The van der Waals surface area contributed by atoms with Crippen LogP contribution in [0.3, 0.4) is 0 Å². The molecule has 0 aliphatic rings. The van der Waals surface area contributed by atoms with E-state index in [0.29, 0.717) is 30.9 Å². The topological polar surface area (TPSA) is 159 Å². The minimum absolute atomic E-state index is 0.00144. The zero-order valence-corrected chi connectivity index (χ0v) is 26.9. The Balaban J connectivity index is 3.69. The molecule has 4 unspecified atom stereocenters. The van der Waals surface area contributed by atoms with E-state index < -0.39 is 36.9 Å². The number of amides is 2. The van der Waals surface area contributed by atoms with E-state index in [2.05, 4.69) is 84.4 Å². The normalized spacial score (nSPS) is 15.4. The second kappa shape index (κ2) is 29.9. The smallest absolute Gasteiger partial charge is 0.251 e. The predicted octanol–water partition coefficient (Wildman–Crippen LogP) is 3.51. The third kappa shape index (κ3) is 25.0. The molecule has 11 heteroatoms. The van der Waals surface area contributed by atoms with Crippen molar-refractivity contribution in [1.82, 2.24) is 10.6 Å². The van der Waals surface area contributed by atoms with E-state index in [0.717, 1.165) is 38.5 Å². The monoisotopic (exact) mass is 640 g/mol. The van der Waals surface area contributed by atoms with Crippen LogP contribution in [0.5, 0.6) is 0 Å². The molecule has 244 valence electrons. The average molecular weight is 641 g/mol. The van der Waals surface area contributed by atoms with E-state index in [4.69, 9.17) is 5.11 Å². The zero-order chi connectivity index (χ0) is 32.0. The van der Waals surface area contributed by atoms with E-state index in [1.54, 1.807) is 0 Å². The van der Waals surface area contributed by atoms with Crippen LogP contribution in [0.15, 0.2) is 72.9 Å². The summed E-state index contributed by atoms with van der Waals surface area (Å²) in [5.74, 6) is 0.328. The summed E-state index contributed by atoms with van der Waals surface area (Å²) in [7, 11) is 3.01. The Labute approximate surface area is 265 Å². The second-order valence-electron chi connectivity index (χ2n) is 9.41. The van der Waals surface area contributed by atoms with E-state index in [1.165, 1.54) is 21.6 Å². The van der Waals surface area contributed by atoms with Crippen molar-refractivity contribution in [3.05, 3.63) is 72.9 Å². The van der Waals surface area contributed by atoms with Crippen LogP contribution in [0.4, 0.5) is 0 Å². The van der Waals surface area contributed by atoms with Crippen LogP contribution >= 0.6 is 21.6 Å². The van der Waals surface area contributed by atoms with Gasteiger partial charge < -0.3 is 36.2 Å². The Hall–Kier alpha value is -2.12. The summed E-state index contributed by atoms with van der Waals surface area (Å²) in [6, 6.07) is 0. The predicted molar refractivity (Wildman–Crippen MR) is 179 cm³/mol. The molecule has 0 rings (SSSR count). The first-order chi connectivity index (χ1) is 20.8. The molecule has 0 aromatic carbocycles. The Morgan fingerprint density at radius 3 is 1.56 bits per heavy atom. The molecule has 9 nitrogen and oxygen atoms in total. The molecule has 7 N–H and O–H groups in total. The molecule has 0 saturated heterocycles. The summed E-state index contributed by atoms with van der Waals surface area (Å²) in [5.41, 5.74) is 0. The van der Waals surface area contributed by atoms with Gasteiger partial charge in [-0.3, -0.25) is 9.59 Å². The quantitative estimate of drug-likeness (QED) is 0.0427. The summed E-state index contributed by atoms with van der Waals surface area (Å²) in [6.07, 6.45) is 25.3. The van der Waals surface area contributed by atoms with Crippen molar-refractivity contribution in [3.63, 3.8) is 0 Å². The summed E-state index contributed by atoms with van der Waals surface area (Å²) in [4.78, 5) is 23.8. The molecule has 0 aromatic rings. The Kier molecular flexibility index (Phi) is 28.5. The lowest BCUT2D eigenvalue weighted by molar-refractivity contribution is -0.148. The highest BCUT2D eigenvalue weighted by molar-refractivity contribution is 8.76. The maximum absolute atomic E-state index is 11.9. The van der Waals surface area contributed by atoms with E-state index in [-0.39, 0.29) is 12.5 Å².